The van der Waals surface area contributed by atoms with Crippen molar-refractivity contribution in [3.8, 4) is 11.4 Å². The number of aromatic nitrogens is 2. The molecule has 5 nitrogen and oxygen atoms in total. The van der Waals surface area contributed by atoms with Crippen molar-refractivity contribution in [2.45, 2.75) is 0 Å². The number of hydrogen-bond donors (Lipinski definition) is 0. The molecule has 2 aromatic carbocycles. The number of benzene rings is 2. The van der Waals surface area contributed by atoms with E-state index in [1.54, 1.807) is 34.1 Å². The fourth-order valence-electron chi connectivity index (χ4n) is 1.93. The summed E-state index contributed by atoms with van der Waals surface area (Å²) >= 11 is 0. The van der Waals surface area contributed by atoms with Crippen LogP contribution in [-0.4, -0.2) is 38.6 Å². The van der Waals surface area contributed by atoms with Crippen LogP contribution in [0.25, 0.3) is 11.4 Å². The van der Waals surface area contributed by atoms with E-state index in [1.807, 2.05) is 55.6 Å². The van der Waals surface area contributed by atoms with Gasteiger partial charge >= 0.3 is 12.3 Å². The third-order valence-electron chi connectivity index (χ3n) is 3.03. The summed E-state index contributed by atoms with van der Waals surface area (Å²) < 4.78 is 3.42. The largest absolute Gasteiger partial charge is 0.420 e. The molecule has 0 saturated heterocycles. The Labute approximate surface area is 160 Å². The molecule has 25 heavy (non-hydrogen) atoms. The molecule has 1 aliphatic heterocycles. The standard InChI is InChI=1S/C10H7N2.C9H8N3.Ir/c1-2-5-9(6-3-1)10-11-7-4-8-12-10;1-11-7-10-12(8-11)9-5-3-2-4-6-9;/h1-5,7-8H;2-5,7H,1H3;/q-1;+1;. The van der Waals surface area contributed by atoms with Gasteiger partial charge < -0.3 is 0 Å². The second kappa shape index (κ2) is 9.50. The van der Waals surface area contributed by atoms with E-state index in [0.29, 0.717) is 0 Å². The maximum absolute atomic E-state index is 4.11. The van der Waals surface area contributed by atoms with Gasteiger partial charge in [-0.05, 0) is 6.07 Å². The van der Waals surface area contributed by atoms with Crippen LogP contribution in [0.4, 0.5) is 5.69 Å². The molecule has 0 aliphatic carbocycles. The number of hydrogen-bond acceptors (Lipinski definition) is 3. The van der Waals surface area contributed by atoms with Crippen molar-refractivity contribution in [2.24, 2.45) is 5.10 Å². The van der Waals surface area contributed by atoms with Gasteiger partial charge in [0.15, 0.2) is 0 Å². The summed E-state index contributed by atoms with van der Waals surface area (Å²) in [7, 11) is 1.88. The molecular formula is C19H15IrN5. The Balaban J connectivity index is 0.000000173. The summed E-state index contributed by atoms with van der Waals surface area (Å²) in [6.07, 6.45) is 5.15. The molecule has 0 spiro atoms. The van der Waals surface area contributed by atoms with E-state index in [9.17, 15) is 0 Å². The van der Waals surface area contributed by atoms with Gasteiger partial charge in [-0.15, -0.1) is 52.6 Å². The molecule has 0 N–H and O–H groups in total. The van der Waals surface area contributed by atoms with Crippen molar-refractivity contribution < 1.29 is 29.4 Å². The van der Waals surface area contributed by atoms with Crippen LogP contribution in [0.15, 0.2) is 72.1 Å². The Hall–Kier alpha value is -2.78. The number of para-hydroxylation sites is 1. The molecule has 0 amide bonds. The first kappa shape index (κ1) is 18.6. The van der Waals surface area contributed by atoms with Gasteiger partial charge in [0.2, 0.25) is 5.10 Å². The molecule has 0 bridgehead atoms. The van der Waals surface area contributed by atoms with Crippen LogP contribution in [0.3, 0.4) is 0 Å². The van der Waals surface area contributed by atoms with Crippen molar-refractivity contribution in [2.75, 3.05) is 7.05 Å². The molecule has 0 atom stereocenters. The SMILES string of the molecule is C[N+]1=C=[N+](c2[c-]cccc2)N=C1.[Ir].[c-]1ccccc1-c1ncccn1. The van der Waals surface area contributed by atoms with E-state index < -0.39 is 0 Å². The van der Waals surface area contributed by atoms with Crippen LogP contribution in [0.1, 0.15) is 0 Å². The van der Waals surface area contributed by atoms with Crippen LogP contribution >= 0.6 is 0 Å². The van der Waals surface area contributed by atoms with E-state index in [1.165, 1.54) is 0 Å². The minimum atomic E-state index is 0. The average molecular weight is 506 g/mol. The molecule has 1 radical (unpaired) electrons. The normalized spacial score (nSPS) is 11.6. The smallest absolute Gasteiger partial charge is 0.285 e. The quantitative estimate of drug-likeness (QED) is 0.397. The van der Waals surface area contributed by atoms with Gasteiger partial charge in [0.05, 0.1) is 10.5 Å². The van der Waals surface area contributed by atoms with Crippen molar-refractivity contribution in [1.29, 1.82) is 0 Å². The Morgan fingerprint density at radius 2 is 1.64 bits per heavy atom. The molecular weight excluding hydrogens is 490 g/mol. The van der Waals surface area contributed by atoms with Crippen LogP contribution in [0.2, 0.25) is 0 Å². The minimum absolute atomic E-state index is 0. The van der Waals surface area contributed by atoms with Crippen LogP contribution in [0.5, 0.6) is 0 Å². The summed E-state index contributed by atoms with van der Waals surface area (Å²) in [4.78, 5) is 8.21. The molecule has 125 valence electrons. The predicted molar refractivity (Wildman–Crippen MR) is 91.2 cm³/mol. The Morgan fingerprint density at radius 3 is 2.20 bits per heavy atom. The van der Waals surface area contributed by atoms with E-state index in [2.05, 4.69) is 33.2 Å². The third kappa shape index (κ3) is 5.37. The molecule has 1 aromatic heterocycles. The molecule has 1 aliphatic rings. The summed E-state index contributed by atoms with van der Waals surface area (Å²) in [5, 5.41) is 4.08. The fourth-order valence-corrected chi connectivity index (χ4v) is 1.93. The zero-order valence-electron chi connectivity index (χ0n) is 13.5. The molecule has 4 rings (SSSR count). The molecule has 2 heterocycles. The maximum Gasteiger partial charge on any atom is 0.420 e. The molecule has 0 unspecified atom stereocenters. The summed E-state index contributed by atoms with van der Waals surface area (Å²) in [6.45, 7) is 0. The van der Waals surface area contributed by atoms with Crippen molar-refractivity contribution in [3.63, 3.8) is 0 Å². The Kier molecular flexibility index (Phi) is 7.05. The van der Waals surface area contributed by atoms with Crippen LogP contribution in [0, 0.1) is 12.1 Å². The minimum Gasteiger partial charge on any atom is -0.285 e. The second-order valence-corrected chi connectivity index (χ2v) is 4.85. The molecule has 0 saturated carbocycles. The first-order chi connectivity index (χ1) is 11.8. The Morgan fingerprint density at radius 1 is 0.920 bits per heavy atom. The van der Waals surface area contributed by atoms with Gasteiger partial charge in [-0.3, -0.25) is 9.97 Å². The van der Waals surface area contributed by atoms with E-state index in [-0.39, 0.29) is 20.1 Å². The Bertz CT molecular complexity index is 849. The third-order valence-corrected chi connectivity index (χ3v) is 3.03. The molecule has 0 fully saturated rings. The average Bonchev–Trinajstić information content (AvgIpc) is 3.11. The van der Waals surface area contributed by atoms with E-state index >= 15 is 0 Å². The fraction of sp³-hybridized carbons (Fsp3) is 0.0526. The van der Waals surface area contributed by atoms with Gasteiger partial charge in [0, 0.05) is 32.5 Å². The first-order valence-corrected chi connectivity index (χ1v) is 7.37. The van der Waals surface area contributed by atoms with Gasteiger partial charge in [0.1, 0.15) is 12.7 Å². The summed E-state index contributed by atoms with van der Waals surface area (Å²) in [5.74, 6) is 0.720. The van der Waals surface area contributed by atoms with Gasteiger partial charge in [0.25, 0.3) is 0 Å². The first-order valence-electron chi connectivity index (χ1n) is 7.37. The maximum atomic E-state index is 4.11. The van der Waals surface area contributed by atoms with Crippen LogP contribution < -0.4 is 0 Å². The second-order valence-electron chi connectivity index (χ2n) is 4.85. The predicted octanol–water partition coefficient (Wildman–Crippen LogP) is 2.85. The van der Waals surface area contributed by atoms with Gasteiger partial charge in [-0.1, -0.05) is 0 Å². The molecule has 6 heteroatoms. The summed E-state index contributed by atoms with van der Waals surface area (Å²) in [5.41, 5.74) is 1.83. The number of hydrazone groups is 1. The topological polar surface area (TPSA) is 44.2 Å². The van der Waals surface area contributed by atoms with Crippen molar-refractivity contribution >= 4 is 18.0 Å². The van der Waals surface area contributed by atoms with E-state index in [0.717, 1.165) is 17.1 Å². The van der Waals surface area contributed by atoms with Crippen LogP contribution in [-0.2, 0) is 20.1 Å². The van der Waals surface area contributed by atoms with Crippen molar-refractivity contribution in [1.82, 2.24) is 9.97 Å². The summed E-state index contributed by atoms with van der Waals surface area (Å²) in [6, 6.07) is 26.2. The monoisotopic (exact) mass is 506 g/mol. The van der Waals surface area contributed by atoms with Crippen molar-refractivity contribution in [3.05, 3.63) is 79.1 Å². The zero-order chi connectivity index (χ0) is 16.6. The zero-order valence-corrected chi connectivity index (χ0v) is 15.9. The van der Waals surface area contributed by atoms with E-state index in [4.69, 9.17) is 0 Å². The number of rotatable bonds is 2. The van der Waals surface area contributed by atoms with Gasteiger partial charge in [-0.2, -0.15) is 18.2 Å². The molecule has 3 aromatic rings. The van der Waals surface area contributed by atoms with Gasteiger partial charge in [-0.25, -0.2) is 0 Å². The number of nitrogens with zero attached hydrogens (tertiary/aromatic N) is 5.